The maximum atomic E-state index is 8.96. The Hall–Kier alpha value is -3.18. The molecule has 3 rings (SSSR count). The number of nitriles is 2. The van der Waals surface area contributed by atoms with Crippen LogP contribution in [0, 0.1) is 22.7 Å². The maximum Gasteiger partial charge on any atom is 0.142 e. The van der Waals surface area contributed by atoms with E-state index in [1.165, 1.54) is 0 Å². The van der Waals surface area contributed by atoms with Crippen LogP contribution in [0.1, 0.15) is 11.5 Å². The molecule has 0 aliphatic heterocycles. The van der Waals surface area contributed by atoms with Gasteiger partial charge in [0.1, 0.15) is 23.4 Å². The van der Waals surface area contributed by atoms with Crippen LogP contribution in [0.3, 0.4) is 0 Å². The number of hydrogen-bond donors (Lipinski definition) is 0. The Bertz CT molecular complexity index is 864. The van der Waals surface area contributed by atoms with Crippen molar-refractivity contribution >= 4 is 11.0 Å². The number of aromatic nitrogens is 3. The summed E-state index contributed by atoms with van der Waals surface area (Å²) in [7, 11) is 0. The first-order valence-corrected chi connectivity index (χ1v) is 6.04. The lowest BCUT2D eigenvalue weighted by atomic mass is 10.3. The molecule has 0 unspecified atom stereocenters. The van der Waals surface area contributed by atoms with E-state index in [4.69, 9.17) is 10.5 Å². The Balaban J connectivity index is 2.31. The zero-order valence-electron chi connectivity index (χ0n) is 10.5. The molecule has 0 radical (unpaired) electrons. The first-order valence-electron chi connectivity index (χ1n) is 6.04. The molecule has 2 heterocycles. The minimum Gasteiger partial charge on any atom is -0.279 e. The fourth-order valence-electron chi connectivity index (χ4n) is 2.13. The van der Waals surface area contributed by atoms with Crippen LogP contribution in [-0.2, 0) is 6.42 Å². The van der Waals surface area contributed by atoms with Crippen LogP contribution in [0.25, 0.3) is 16.9 Å². The van der Waals surface area contributed by atoms with Gasteiger partial charge in [-0.15, -0.1) is 0 Å². The van der Waals surface area contributed by atoms with Gasteiger partial charge in [-0.3, -0.25) is 4.57 Å². The molecule has 0 saturated carbocycles. The van der Waals surface area contributed by atoms with Crippen LogP contribution in [0.5, 0.6) is 0 Å². The first-order chi connectivity index (χ1) is 9.83. The highest BCUT2D eigenvalue weighted by Crippen LogP contribution is 2.20. The fraction of sp³-hybridized carbons (Fsp3) is 0.0667. The third kappa shape index (κ3) is 1.88. The molecule has 0 bridgehead atoms. The lowest BCUT2D eigenvalue weighted by Crippen LogP contribution is -2.03. The van der Waals surface area contributed by atoms with E-state index in [9.17, 15) is 0 Å². The van der Waals surface area contributed by atoms with Crippen LogP contribution >= 0.6 is 0 Å². The van der Waals surface area contributed by atoms with Crippen LogP contribution in [0.2, 0.25) is 0 Å². The van der Waals surface area contributed by atoms with E-state index < -0.39 is 0 Å². The molecule has 5 nitrogen and oxygen atoms in total. The number of fused-ring (bicyclic) bond motifs is 1. The third-order valence-corrected chi connectivity index (χ3v) is 2.95. The van der Waals surface area contributed by atoms with Gasteiger partial charge in [-0.1, -0.05) is 18.2 Å². The number of pyridine rings is 1. The van der Waals surface area contributed by atoms with Gasteiger partial charge in [0.25, 0.3) is 0 Å². The molecule has 2 aromatic heterocycles. The number of para-hydroxylation sites is 2. The van der Waals surface area contributed by atoms with Gasteiger partial charge in [-0.2, -0.15) is 10.5 Å². The molecule has 0 atom stereocenters. The number of benzene rings is 1. The smallest absolute Gasteiger partial charge is 0.142 e. The van der Waals surface area contributed by atoms with E-state index in [-0.39, 0.29) is 6.42 Å². The fourth-order valence-corrected chi connectivity index (χ4v) is 2.13. The average molecular weight is 259 g/mol. The molecule has 5 heteroatoms. The highest BCUT2D eigenvalue weighted by Gasteiger charge is 2.12. The van der Waals surface area contributed by atoms with E-state index in [1.807, 2.05) is 34.9 Å². The minimum atomic E-state index is 0.188. The average Bonchev–Trinajstić information content (AvgIpc) is 2.85. The van der Waals surface area contributed by atoms with Crippen LogP contribution in [0.4, 0.5) is 0 Å². The summed E-state index contributed by atoms with van der Waals surface area (Å²) in [5, 5.41) is 17.9. The molecule has 94 valence electrons. The normalized spacial score (nSPS) is 10.1. The molecular weight excluding hydrogens is 250 g/mol. The van der Waals surface area contributed by atoms with E-state index in [0.717, 1.165) is 11.0 Å². The zero-order chi connectivity index (χ0) is 13.9. The second kappa shape index (κ2) is 4.83. The van der Waals surface area contributed by atoms with Crippen molar-refractivity contribution in [3.8, 4) is 18.0 Å². The lowest BCUT2D eigenvalue weighted by molar-refractivity contribution is 0.919. The van der Waals surface area contributed by atoms with Crippen molar-refractivity contribution in [2.45, 2.75) is 6.42 Å². The highest BCUT2D eigenvalue weighted by atomic mass is 15.1. The van der Waals surface area contributed by atoms with Crippen molar-refractivity contribution < 1.29 is 0 Å². The largest absolute Gasteiger partial charge is 0.279 e. The van der Waals surface area contributed by atoms with Crippen LogP contribution in [0.15, 0.2) is 42.5 Å². The van der Waals surface area contributed by atoms with Crippen LogP contribution in [-0.4, -0.2) is 14.5 Å². The molecule has 3 aromatic rings. The summed E-state index contributed by atoms with van der Waals surface area (Å²) in [6, 6.07) is 17.0. The van der Waals surface area contributed by atoms with Gasteiger partial charge in [0.2, 0.25) is 0 Å². The third-order valence-electron chi connectivity index (χ3n) is 2.95. The van der Waals surface area contributed by atoms with Crippen molar-refractivity contribution in [2.24, 2.45) is 0 Å². The predicted molar refractivity (Wildman–Crippen MR) is 72.9 cm³/mol. The predicted octanol–water partition coefficient (Wildman–Crippen LogP) is 2.36. The summed E-state index contributed by atoms with van der Waals surface area (Å²) < 4.78 is 1.82. The summed E-state index contributed by atoms with van der Waals surface area (Å²) in [6.07, 6.45) is 0.188. The van der Waals surface area contributed by atoms with E-state index in [0.29, 0.717) is 17.3 Å². The van der Waals surface area contributed by atoms with E-state index in [1.54, 1.807) is 18.2 Å². The first kappa shape index (κ1) is 11.9. The molecule has 0 fully saturated rings. The molecule has 0 spiro atoms. The van der Waals surface area contributed by atoms with Gasteiger partial charge in [0.15, 0.2) is 0 Å². The van der Waals surface area contributed by atoms with E-state index in [2.05, 4.69) is 16.0 Å². The molecule has 0 amide bonds. The zero-order valence-corrected chi connectivity index (χ0v) is 10.5. The molecule has 0 aliphatic carbocycles. The topological polar surface area (TPSA) is 78.3 Å². The summed E-state index contributed by atoms with van der Waals surface area (Å²) in [5.41, 5.74) is 2.02. The Morgan fingerprint density at radius 1 is 1.00 bits per heavy atom. The van der Waals surface area contributed by atoms with Gasteiger partial charge in [0, 0.05) is 0 Å². The van der Waals surface area contributed by atoms with E-state index >= 15 is 0 Å². The quantitative estimate of drug-likeness (QED) is 0.707. The van der Waals surface area contributed by atoms with Gasteiger partial charge < -0.3 is 0 Å². The molecule has 1 aromatic carbocycles. The monoisotopic (exact) mass is 259 g/mol. The second-order valence-corrected chi connectivity index (χ2v) is 4.18. The van der Waals surface area contributed by atoms with Gasteiger partial charge >= 0.3 is 0 Å². The molecule has 0 N–H and O–H groups in total. The standard InChI is InChI=1S/C15H9N5/c16-9-8-15-19-12-5-1-2-6-13(12)20(15)14-7-3-4-11(10-17)18-14/h1-7H,8H2. The number of nitrogens with zero attached hydrogens (tertiary/aromatic N) is 5. The van der Waals surface area contributed by atoms with Crippen molar-refractivity contribution in [1.82, 2.24) is 14.5 Å². The molecule has 0 aliphatic rings. The Morgan fingerprint density at radius 2 is 1.85 bits per heavy atom. The summed E-state index contributed by atoms with van der Waals surface area (Å²) >= 11 is 0. The molecular formula is C15H9N5. The Morgan fingerprint density at radius 3 is 2.65 bits per heavy atom. The number of imidazole rings is 1. The Labute approximate surface area is 115 Å². The summed E-state index contributed by atoms with van der Waals surface area (Å²) in [4.78, 5) is 8.73. The summed E-state index contributed by atoms with van der Waals surface area (Å²) in [5.74, 6) is 1.22. The molecule has 0 saturated heterocycles. The highest BCUT2D eigenvalue weighted by molar-refractivity contribution is 5.78. The van der Waals surface area contributed by atoms with Crippen molar-refractivity contribution in [1.29, 1.82) is 10.5 Å². The second-order valence-electron chi connectivity index (χ2n) is 4.18. The number of hydrogen-bond acceptors (Lipinski definition) is 4. The maximum absolute atomic E-state index is 8.96. The van der Waals surface area contributed by atoms with Crippen LogP contribution < -0.4 is 0 Å². The summed E-state index contributed by atoms with van der Waals surface area (Å²) in [6.45, 7) is 0. The van der Waals surface area contributed by atoms with Gasteiger partial charge in [-0.05, 0) is 24.3 Å². The minimum absolute atomic E-state index is 0.188. The van der Waals surface area contributed by atoms with Gasteiger partial charge in [-0.25, -0.2) is 9.97 Å². The lowest BCUT2D eigenvalue weighted by Gasteiger charge is -2.06. The SMILES string of the molecule is N#CCc1nc2ccccc2n1-c1cccc(C#N)n1. The van der Waals surface area contributed by atoms with Gasteiger partial charge in [0.05, 0.1) is 23.5 Å². The van der Waals surface area contributed by atoms with Crippen molar-refractivity contribution in [3.63, 3.8) is 0 Å². The number of rotatable bonds is 2. The van der Waals surface area contributed by atoms with Crippen molar-refractivity contribution in [2.75, 3.05) is 0 Å². The Kier molecular flexibility index (Phi) is 2.87. The molecule has 20 heavy (non-hydrogen) atoms. The van der Waals surface area contributed by atoms with Crippen molar-refractivity contribution in [3.05, 3.63) is 54.0 Å².